The van der Waals surface area contributed by atoms with Crippen LogP contribution in [-0.4, -0.2) is 27.6 Å². The van der Waals surface area contributed by atoms with Crippen LogP contribution in [0.15, 0.2) is 0 Å². The lowest BCUT2D eigenvalue weighted by molar-refractivity contribution is -0.167. The predicted molar refractivity (Wildman–Crippen MR) is 81.3 cm³/mol. The Labute approximate surface area is 133 Å². The largest absolute Gasteiger partial charge is 0.462 e. The molecular formula is C15H21IO4. The maximum Gasteiger partial charge on any atom is 0.319 e. The Hall–Kier alpha value is -0.330. The zero-order valence-corrected chi connectivity index (χ0v) is 14.3. The van der Waals surface area contributed by atoms with Crippen LogP contribution in [0.25, 0.3) is 0 Å². The predicted octanol–water partition coefficient (Wildman–Crippen LogP) is 2.72. The molecule has 0 aromatic rings. The van der Waals surface area contributed by atoms with Crippen molar-refractivity contribution in [3.63, 3.8) is 0 Å². The quantitative estimate of drug-likeness (QED) is 0.420. The summed E-state index contributed by atoms with van der Waals surface area (Å²) in [5, 5.41) is 0. The maximum absolute atomic E-state index is 12.1. The standard InChI is InChI=1S/C15H21IO4/c1-4-9(16)13(17)20-15(2,3)12-7-5-8-10(6-7)19-14(18)11(8)12/h7-12H,4-6H2,1-3H3. The van der Waals surface area contributed by atoms with E-state index in [0.29, 0.717) is 11.8 Å². The van der Waals surface area contributed by atoms with E-state index in [2.05, 4.69) is 22.6 Å². The van der Waals surface area contributed by atoms with Crippen LogP contribution >= 0.6 is 22.6 Å². The lowest BCUT2D eigenvalue weighted by atomic mass is 9.71. The van der Waals surface area contributed by atoms with Gasteiger partial charge in [0, 0.05) is 11.8 Å². The minimum atomic E-state index is -0.589. The summed E-state index contributed by atoms with van der Waals surface area (Å²) in [5.41, 5.74) is -0.589. The zero-order chi connectivity index (χ0) is 14.7. The monoisotopic (exact) mass is 392 g/mol. The Morgan fingerprint density at radius 2 is 2.20 bits per heavy atom. The summed E-state index contributed by atoms with van der Waals surface area (Å²) in [4.78, 5) is 24.2. The lowest BCUT2D eigenvalue weighted by Crippen LogP contribution is -2.45. The number of rotatable bonds is 4. The van der Waals surface area contributed by atoms with E-state index in [1.165, 1.54) is 0 Å². The van der Waals surface area contributed by atoms with Gasteiger partial charge < -0.3 is 9.47 Å². The molecule has 0 radical (unpaired) electrons. The van der Waals surface area contributed by atoms with Gasteiger partial charge in [0.2, 0.25) is 0 Å². The van der Waals surface area contributed by atoms with Crippen molar-refractivity contribution >= 4 is 34.5 Å². The van der Waals surface area contributed by atoms with Crippen LogP contribution in [0.3, 0.4) is 0 Å². The summed E-state index contributed by atoms with van der Waals surface area (Å²) < 4.78 is 11.1. The number of carbonyl (C=O) groups excluding carboxylic acids is 2. The molecule has 3 rings (SSSR count). The van der Waals surface area contributed by atoms with Gasteiger partial charge in [-0.25, -0.2) is 0 Å². The van der Waals surface area contributed by atoms with E-state index in [4.69, 9.17) is 9.47 Å². The van der Waals surface area contributed by atoms with Gasteiger partial charge in [0.05, 0.1) is 5.92 Å². The molecule has 2 saturated carbocycles. The molecule has 6 unspecified atom stereocenters. The van der Waals surface area contributed by atoms with E-state index in [1.807, 2.05) is 20.8 Å². The van der Waals surface area contributed by atoms with Crippen molar-refractivity contribution in [1.82, 2.24) is 0 Å². The van der Waals surface area contributed by atoms with Gasteiger partial charge in [-0.05, 0) is 39.0 Å². The fourth-order valence-corrected chi connectivity index (χ4v) is 4.67. The first-order valence-corrected chi connectivity index (χ1v) is 8.67. The molecule has 112 valence electrons. The minimum absolute atomic E-state index is 0.0594. The van der Waals surface area contributed by atoms with Crippen molar-refractivity contribution in [2.75, 3.05) is 0 Å². The van der Waals surface area contributed by atoms with Crippen LogP contribution in [-0.2, 0) is 19.1 Å². The highest BCUT2D eigenvalue weighted by Crippen LogP contribution is 2.61. The SMILES string of the molecule is CCC(I)C(=O)OC(C)(C)C1C2CC3OC(=O)C1C3C2. The van der Waals surface area contributed by atoms with Crippen LogP contribution in [0.5, 0.6) is 0 Å². The molecule has 3 aliphatic rings. The third-order valence-electron chi connectivity index (χ3n) is 5.26. The molecule has 5 heteroatoms. The van der Waals surface area contributed by atoms with E-state index < -0.39 is 5.60 Å². The Balaban J connectivity index is 1.78. The molecule has 20 heavy (non-hydrogen) atoms. The summed E-state index contributed by atoms with van der Waals surface area (Å²) in [5.74, 6) is 0.633. The zero-order valence-electron chi connectivity index (χ0n) is 12.1. The average molecular weight is 392 g/mol. The molecule has 0 spiro atoms. The van der Waals surface area contributed by atoms with Crippen molar-refractivity contribution in [2.24, 2.45) is 23.7 Å². The smallest absolute Gasteiger partial charge is 0.319 e. The van der Waals surface area contributed by atoms with Crippen molar-refractivity contribution in [2.45, 2.75) is 55.7 Å². The van der Waals surface area contributed by atoms with Crippen LogP contribution in [0, 0.1) is 23.7 Å². The number of alkyl halides is 1. The Morgan fingerprint density at radius 3 is 2.85 bits per heavy atom. The van der Waals surface area contributed by atoms with Gasteiger partial charge in [-0.2, -0.15) is 0 Å². The van der Waals surface area contributed by atoms with Gasteiger partial charge in [0.1, 0.15) is 15.6 Å². The number of carbonyl (C=O) groups is 2. The minimum Gasteiger partial charge on any atom is -0.462 e. The second-order valence-corrected chi connectivity index (χ2v) is 8.33. The topological polar surface area (TPSA) is 52.6 Å². The highest BCUT2D eigenvalue weighted by molar-refractivity contribution is 14.1. The molecule has 1 heterocycles. The number of hydrogen-bond acceptors (Lipinski definition) is 4. The Morgan fingerprint density at radius 1 is 1.50 bits per heavy atom. The number of hydrogen-bond donors (Lipinski definition) is 0. The first kappa shape index (κ1) is 14.6. The van der Waals surface area contributed by atoms with Crippen molar-refractivity contribution < 1.29 is 19.1 Å². The van der Waals surface area contributed by atoms with Gasteiger partial charge in [-0.3, -0.25) is 9.59 Å². The molecule has 1 aliphatic heterocycles. The van der Waals surface area contributed by atoms with Crippen LogP contribution in [0.2, 0.25) is 0 Å². The van der Waals surface area contributed by atoms with Gasteiger partial charge in [0.15, 0.2) is 0 Å². The molecular weight excluding hydrogens is 371 g/mol. The number of ether oxygens (including phenoxy) is 2. The molecule has 3 fully saturated rings. The average Bonchev–Trinajstić information content (AvgIpc) is 2.97. The normalized spacial score (nSPS) is 39.8. The molecule has 0 aromatic carbocycles. The fourth-order valence-electron chi connectivity index (χ4n) is 4.54. The van der Waals surface area contributed by atoms with Crippen molar-refractivity contribution in [3.05, 3.63) is 0 Å². The summed E-state index contributed by atoms with van der Waals surface area (Å²) >= 11 is 2.12. The summed E-state index contributed by atoms with van der Waals surface area (Å²) in [6, 6.07) is 0. The summed E-state index contributed by atoms with van der Waals surface area (Å²) in [6.45, 7) is 5.88. The van der Waals surface area contributed by atoms with Gasteiger partial charge >= 0.3 is 11.9 Å². The van der Waals surface area contributed by atoms with Gasteiger partial charge in [-0.15, -0.1) is 0 Å². The maximum atomic E-state index is 12.1. The lowest BCUT2D eigenvalue weighted by Gasteiger charge is -2.38. The number of esters is 2. The second kappa shape index (κ2) is 4.85. The summed E-state index contributed by atoms with van der Waals surface area (Å²) in [7, 11) is 0. The Kier molecular flexibility index (Phi) is 3.54. The third-order valence-corrected chi connectivity index (χ3v) is 6.65. The van der Waals surface area contributed by atoms with Gasteiger partial charge in [0.25, 0.3) is 0 Å². The van der Waals surface area contributed by atoms with E-state index >= 15 is 0 Å². The van der Waals surface area contributed by atoms with E-state index in [0.717, 1.165) is 19.3 Å². The molecule has 0 amide bonds. The van der Waals surface area contributed by atoms with E-state index in [-0.39, 0.29) is 33.8 Å². The molecule has 0 N–H and O–H groups in total. The van der Waals surface area contributed by atoms with Gasteiger partial charge in [-0.1, -0.05) is 29.5 Å². The fraction of sp³-hybridized carbons (Fsp3) is 0.867. The van der Waals surface area contributed by atoms with Crippen molar-refractivity contribution in [3.8, 4) is 0 Å². The number of halogens is 1. The Bertz CT molecular complexity index is 445. The van der Waals surface area contributed by atoms with E-state index in [9.17, 15) is 9.59 Å². The highest BCUT2D eigenvalue weighted by atomic mass is 127. The first-order chi connectivity index (χ1) is 9.35. The molecule has 1 saturated heterocycles. The molecule has 2 bridgehead atoms. The molecule has 2 aliphatic carbocycles. The summed E-state index contributed by atoms with van der Waals surface area (Å²) in [6.07, 6.45) is 2.89. The van der Waals surface area contributed by atoms with Crippen molar-refractivity contribution in [1.29, 1.82) is 0 Å². The first-order valence-electron chi connectivity index (χ1n) is 7.42. The van der Waals surface area contributed by atoms with E-state index in [1.54, 1.807) is 0 Å². The highest BCUT2D eigenvalue weighted by Gasteiger charge is 2.65. The van der Waals surface area contributed by atoms with Crippen LogP contribution < -0.4 is 0 Å². The molecule has 0 aromatic heterocycles. The third kappa shape index (κ3) is 2.07. The molecule has 4 nitrogen and oxygen atoms in total. The molecule has 6 atom stereocenters. The number of fused-ring (bicyclic) bond motifs is 1. The van der Waals surface area contributed by atoms with Crippen LogP contribution in [0.1, 0.15) is 40.0 Å². The van der Waals surface area contributed by atoms with Crippen LogP contribution in [0.4, 0.5) is 0 Å². The second-order valence-electron chi connectivity index (χ2n) is 6.82.